The number of amides is 2. The summed E-state index contributed by atoms with van der Waals surface area (Å²) in [5.41, 5.74) is 0.180. The first-order valence-electron chi connectivity index (χ1n) is 19.9. The van der Waals surface area contributed by atoms with Crippen LogP contribution in [0.5, 0.6) is 0 Å². The van der Waals surface area contributed by atoms with Crippen molar-refractivity contribution in [2.75, 3.05) is 19.8 Å². The molecule has 3 aliphatic heterocycles. The van der Waals surface area contributed by atoms with Crippen molar-refractivity contribution in [1.82, 2.24) is 4.90 Å². The first kappa shape index (κ1) is 46.0. The second kappa shape index (κ2) is 20.6. The second-order valence-electron chi connectivity index (χ2n) is 14.4. The Balaban J connectivity index is 1.50. The lowest BCUT2D eigenvalue weighted by Crippen LogP contribution is -2.70. The first-order chi connectivity index (χ1) is 30.2. The molecule has 3 aliphatic rings. The normalized spacial score (nSPS) is 26.5. The van der Waals surface area contributed by atoms with Gasteiger partial charge in [-0.15, -0.1) is 0 Å². The van der Waals surface area contributed by atoms with Crippen LogP contribution in [-0.2, 0) is 66.5 Å². The van der Waals surface area contributed by atoms with E-state index >= 15 is 0 Å². The maximum absolute atomic E-state index is 14.3. The van der Waals surface area contributed by atoms with Crippen molar-refractivity contribution in [3.63, 3.8) is 0 Å². The predicted molar refractivity (Wildman–Crippen MR) is 210 cm³/mol. The minimum atomic E-state index is -1.97. The van der Waals surface area contributed by atoms with Gasteiger partial charge >= 0.3 is 35.8 Å². The van der Waals surface area contributed by atoms with Crippen LogP contribution in [0.4, 0.5) is 0 Å². The SMILES string of the molecule is CCO[C@@H]1O[C@H](COC(=O)c2ccccc2)[C@H](OC(C)=O)[C@H](O[C@@H]2O[C@H](COC(C)=O)[C@@H](OC(C)=O)[C@H](OC(C)=O)[C@H]2N2C(=O)c3ccccc3C2=O)[C@H]1OC(=O)c1ccccc1. The lowest BCUT2D eigenvalue weighted by atomic mass is 9.93. The molecule has 3 aromatic carbocycles. The summed E-state index contributed by atoms with van der Waals surface area (Å²) in [6.45, 7) is 4.55. The van der Waals surface area contributed by atoms with Crippen LogP contribution >= 0.6 is 0 Å². The molecule has 0 saturated carbocycles. The van der Waals surface area contributed by atoms with E-state index in [9.17, 15) is 38.4 Å². The number of imide groups is 1. The van der Waals surface area contributed by atoms with E-state index in [1.54, 1.807) is 43.3 Å². The number of carbonyl (C=O) groups excluding carboxylic acids is 8. The minimum Gasteiger partial charge on any atom is -0.463 e. The highest BCUT2D eigenvalue weighted by atomic mass is 16.8. The Hall–Kier alpha value is -6.54. The van der Waals surface area contributed by atoms with Gasteiger partial charge in [-0.25, -0.2) is 9.59 Å². The summed E-state index contributed by atoms with van der Waals surface area (Å²) in [6, 6.07) is 19.7. The Kier molecular flexibility index (Phi) is 15.0. The van der Waals surface area contributed by atoms with Gasteiger partial charge < -0.3 is 47.4 Å². The van der Waals surface area contributed by atoms with Gasteiger partial charge in [0.1, 0.15) is 37.6 Å². The zero-order valence-electron chi connectivity index (χ0n) is 34.8. The third-order valence-electron chi connectivity index (χ3n) is 9.95. The quantitative estimate of drug-likeness (QED) is 0.121. The van der Waals surface area contributed by atoms with Crippen LogP contribution in [0.2, 0.25) is 0 Å². The molecule has 2 saturated heterocycles. The van der Waals surface area contributed by atoms with Gasteiger partial charge in [0.05, 0.1) is 22.3 Å². The Morgan fingerprint density at radius 1 is 0.524 bits per heavy atom. The molecule has 0 N–H and O–H groups in total. The van der Waals surface area contributed by atoms with Crippen molar-refractivity contribution in [2.45, 2.75) is 96.0 Å². The number of nitrogens with zero attached hydrogens (tertiary/aromatic N) is 1. The molecule has 19 heteroatoms. The topological polar surface area (TPSA) is 232 Å². The molecule has 334 valence electrons. The molecular weight excluding hydrogens is 830 g/mol. The molecule has 3 aromatic rings. The average Bonchev–Trinajstić information content (AvgIpc) is 3.50. The summed E-state index contributed by atoms with van der Waals surface area (Å²) in [6.07, 6.45) is -15.0. The molecule has 63 heavy (non-hydrogen) atoms. The van der Waals surface area contributed by atoms with Crippen molar-refractivity contribution in [3.05, 3.63) is 107 Å². The highest BCUT2D eigenvalue weighted by Crippen LogP contribution is 2.39. The number of benzene rings is 3. The number of ether oxygens (including phenoxy) is 10. The van der Waals surface area contributed by atoms with Gasteiger partial charge in [0.25, 0.3) is 11.8 Å². The summed E-state index contributed by atoms with van der Waals surface area (Å²) in [7, 11) is 0. The molecular formula is C44H45NO18. The molecule has 0 aliphatic carbocycles. The van der Waals surface area contributed by atoms with Gasteiger partial charge in [-0.05, 0) is 43.3 Å². The van der Waals surface area contributed by atoms with E-state index in [2.05, 4.69) is 0 Å². The van der Waals surface area contributed by atoms with Crippen LogP contribution in [0.25, 0.3) is 0 Å². The Morgan fingerprint density at radius 2 is 0.984 bits per heavy atom. The largest absolute Gasteiger partial charge is 0.463 e. The van der Waals surface area contributed by atoms with Crippen LogP contribution in [0.3, 0.4) is 0 Å². The van der Waals surface area contributed by atoms with Crippen LogP contribution in [0.1, 0.15) is 76.1 Å². The summed E-state index contributed by atoms with van der Waals surface area (Å²) in [5.74, 6) is -7.02. The molecule has 2 amide bonds. The molecule has 0 spiro atoms. The number of hydrogen-bond acceptors (Lipinski definition) is 18. The predicted octanol–water partition coefficient (Wildman–Crippen LogP) is 2.96. The number of carbonyl (C=O) groups is 8. The van der Waals surface area contributed by atoms with E-state index in [-0.39, 0.29) is 28.9 Å². The van der Waals surface area contributed by atoms with Gasteiger partial charge in [-0.3, -0.25) is 33.7 Å². The summed E-state index contributed by atoms with van der Waals surface area (Å²) in [4.78, 5) is 107. The van der Waals surface area contributed by atoms with Gasteiger partial charge in [-0.1, -0.05) is 48.5 Å². The van der Waals surface area contributed by atoms with E-state index in [1.165, 1.54) is 48.5 Å². The molecule has 0 aromatic heterocycles. The zero-order chi connectivity index (χ0) is 45.4. The number of esters is 6. The number of fused-ring (bicyclic) bond motifs is 1. The van der Waals surface area contributed by atoms with E-state index in [0.29, 0.717) is 4.90 Å². The van der Waals surface area contributed by atoms with Crippen molar-refractivity contribution in [1.29, 1.82) is 0 Å². The van der Waals surface area contributed by atoms with Crippen LogP contribution in [0.15, 0.2) is 84.9 Å². The second-order valence-corrected chi connectivity index (χ2v) is 14.4. The lowest BCUT2D eigenvalue weighted by Gasteiger charge is -2.50. The van der Waals surface area contributed by atoms with Gasteiger partial charge in [0, 0.05) is 34.3 Å². The van der Waals surface area contributed by atoms with Gasteiger partial charge in [0.2, 0.25) is 0 Å². The Labute approximate surface area is 360 Å². The summed E-state index contributed by atoms with van der Waals surface area (Å²) in [5, 5.41) is 0. The molecule has 6 rings (SSSR count). The molecule has 19 nitrogen and oxygen atoms in total. The van der Waals surface area contributed by atoms with E-state index in [1.807, 2.05) is 0 Å². The standard InChI is InChI=1S/C44H45NO18/c1-6-54-44-38(62-42(53)28-17-11-8-12-18-28)37(35(58-25(4)48)32(61-44)22-56-41(52)27-15-9-7-10-16-27)63-43-33(45-39(50)29-19-13-14-20-30(29)40(45)51)36(59-26(5)49)34(57-24(3)47)31(60-43)21-55-23(2)46/h7-20,31-38,43-44H,6,21-22H2,1-5H3/t31-,32-,33-,34-,35+,36-,37+,38-,43+,44-/m1/s1. The van der Waals surface area contributed by atoms with Crippen molar-refractivity contribution in [3.8, 4) is 0 Å². The van der Waals surface area contributed by atoms with Crippen molar-refractivity contribution in [2.24, 2.45) is 0 Å². The summed E-state index contributed by atoms with van der Waals surface area (Å²) < 4.78 is 59.4. The molecule has 2 fully saturated rings. The molecule has 0 unspecified atom stereocenters. The molecule has 0 bridgehead atoms. The monoisotopic (exact) mass is 875 g/mol. The van der Waals surface area contributed by atoms with E-state index in [0.717, 1.165) is 27.7 Å². The maximum Gasteiger partial charge on any atom is 0.338 e. The van der Waals surface area contributed by atoms with Crippen LogP contribution in [0, 0.1) is 0 Å². The van der Waals surface area contributed by atoms with E-state index in [4.69, 9.17) is 47.4 Å². The van der Waals surface area contributed by atoms with Crippen LogP contribution in [-0.4, -0.2) is 134 Å². The smallest absolute Gasteiger partial charge is 0.338 e. The minimum absolute atomic E-state index is 0.0378. The lowest BCUT2D eigenvalue weighted by molar-refractivity contribution is -0.350. The van der Waals surface area contributed by atoms with Crippen molar-refractivity contribution < 1.29 is 85.7 Å². The fourth-order valence-electron chi connectivity index (χ4n) is 7.41. The Bertz CT molecular complexity index is 2150. The molecule has 3 heterocycles. The van der Waals surface area contributed by atoms with Crippen LogP contribution < -0.4 is 0 Å². The van der Waals surface area contributed by atoms with Gasteiger partial charge in [0.15, 0.2) is 37.0 Å². The maximum atomic E-state index is 14.3. The zero-order valence-corrected chi connectivity index (χ0v) is 34.8. The first-order valence-corrected chi connectivity index (χ1v) is 19.9. The third kappa shape index (κ3) is 10.7. The average molecular weight is 876 g/mol. The number of rotatable bonds is 15. The number of hydrogen-bond donors (Lipinski definition) is 0. The fourth-order valence-corrected chi connectivity index (χ4v) is 7.41. The highest BCUT2D eigenvalue weighted by Gasteiger charge is 2.60. The van der Waals surface area contributed by atoms with E-state index < -0.39 is 122 Å². The van der Waals surface area contributed by atoms with Crippen molar-refractivity contribution >= 4 is 47.6 Å². The highest BCUT2D eigenvalue weighted by molar-refractivity contribution is 6.21. The summed E-state index contributed by atoms with van der Waals surface area (Å²) >= 11 is 0. The fraction of sp³-hybridized carbons (Fsp3) is 0.409. The van der Waals surface area contributed by atoms with Gasteiger partial charge in [-0.2, -0.15) is 0 Å². The third-order valence-corrected chi connectivity index (χ3v) is 9.95. The molecule has 10 atom stereocenters. The Morgan fingerprint density at radius 3 is 1.49 bits per heavy atom. The molecule has 0 radical (unpaired) electrons.